The maximum absolute atomic E-state index is 12.8. The number of ether oxygens (including phenoxy) is 2. The van der Waals surface area contributed by atoms with Gasteiger partial charge < -0.3 is 14.8 Å². The van der Waals surface area contributed by atoms with Gasteiger partial charge in [-0.25, -0.2) is 8.42 Å². The van der Waals surface area contributed by atoms with E-state index in [2.05, 4.69) is 21.9 Å². The maximum atomic E-state index is 12.8. The number of rotatable bonds is 12. The van der Waals surface area contributed by atoms with Gasteiger partial charge in [0.15, 0.2) is 0 Å². The second-order valence-electron chi connectivity index (χ2n) is 6.53. The Bertz CT molecular complexity index is 876. The van der Waals surface area contributed by atoms with E-state index in [4.69, 9.17) is 9.47 Å². The van der Waals surface area contributed by atoms with Gasteiger partial charge >= 0.3 is 0 Å². The third kappa shape index (κ3) is 6.57. The first-order valence-corrected chi connectivity index (χ1v) is 11.0. The van der Waals surface area contributed by atoms with E-state index in [0.717, 1.165) is 18.5 Å². The minimum Gasteiger partial charge on any atom is -0.479 e. The van der Waals surface area contributed by atoms with Gasteiger partial charge in [-0.05, 0) is 36.7 Å². The Balaban J connectivity index is 2.09. The van der Waals surface area contributed by atoms with Gasteiger partial charge in [-0.15, -0.1) is 0 Å². The van der Waals surface area contributed by atoms with Crippen LogP contribution < -0.4 is 19.5 Å². The normalized spacial score (nSPS) is 12.4. The number of hydrogen-bond donors (Lipinski definition) is 2. The number of nitrogens with one attached hydrogen (secondary N) is 2. The van der Waals surface area contributed by atoms with Gasteiger partial charge in [-0.3, -0.25) is 9.11 Å². The Labute approximate surface area is 171 Å². The molecule has 0 saturated heterocycles. The zero-order chi connectivity index (χ0) is 21.3. The first kappa shape index (κ1) is 22.9. The molecule has 1 aromatic carbocycles. The largest absolute Gasteiger partial charge is 0.479 e. The second kappa shape index (κ2) is 11.0. The summed E-state index contributed by atoms with van der Waals surface area (Å²) in [5.41, 5.74) is 0.936. The zero-order valence-electron chi connectivity index (χ0n) is 16.9. The average Bonchev–Trinajstić information content (AvgIpc) is 2.73. The number of halogens is 1. The molecule has 29 heavy (non-hydrogen) atoms. The highest BCUT2D eigenvalue weighted by molar-refractivity contribution is 7.92. The highest BCUT2D eigenvalue weighted by Gasteiger charge is 2.18. The molecule has 9 heteroatoms. The predicted octanol–water partition coefficient (Wildman–Crippen LogP) is 3.34. The third-order valence-corrected chi connectivity index (χ3v) is 5.60. The van der Waals surface area contributed by atoms with Crippen molar-refractivity contribution >= 4 is 15.7 Å². The van der Waals surface area contributed by atoms with Crippen LogP contribution >= 0.6 is 0 Å². The first-order valence-electron chi connectivity index (χ1n) is 9.48. The molecule has 0 radical (unpaired) electrons. The molecule has 0 unspecified atom stereocenters. The fourth-order valence-electron chi connectivity index (χ4n) is 2.53. The first-order chi connectivity index (χ1) is 13.9. The van der Waals surface area contributed by atoms with Gasteiger partial charge in [-0.1, -0.05) is 26.0 Å². The average molecular weight is 426 g/mol. The number of pyridine rings is 1. The summed E-state index contributed by atoms with van der Waals surface area (Å²) in [6.45, 7) is 5.35. The Morgan fingerprint density at radius 1 is 1.14 bits per heavy atom. The molecule has 1 heterocycles. The summed E-state index contributed by atoms with van der Waals surface area (Å²) in [5.74, 6) is 0.164. The van der Waals surface area contributed by atoms with E-state index in [1.807, 2.05) is 0 Å². The molecule has 2 aromatic rings. The van der Waals surface area contributed by atoms with Crippen LogP contribution in [0.15, 0.2) is 41.3 Å². The van der Waals surface area contributed by atoms with Gasteiger partial charge in [0.25, 0.3) is 10.0 Å². The standard InChI is InChI=1S/C20H28FN3O4S/c1-4-11-22-12-13-28-19-10-9-18(20(23-19)27-3)24-29(25,26)17-7-5-16(6-8-17)15(2)14-21/h5-10,15,22,24H,4,11-14H2,1-3H3/t15-/m1/s1. The number of aromatic nitrogens is 1. The van der Waals surface area contributed by atoms with Crippen molar-refractivity contribution in [2.24, 2.45) is 0 Å². The molecule has 0 amide bonds. The number of anilines is 1. The molecule has 0 saturated carbocycles. The van der Waals surface area contributed by atoms with E-state index < -0.39 is 16.7 Å². The number of alkyl halides is 1. The summed E-state index contributed by atoms with van der Waals surface area (Å²) in [6.07, 6.45) is 1.04. The van der Waals surface area contributed by atoms with Crippen LogP contribution in [0.1, 0.15) is 31.7 Å². The second-order valence-corrected chi connectivity index (χ2v) is 8.22. The fourth-order valence-corrected chi connectivity index (χ4v) is 3.59. The van der Waals surface area contributed by atoms with Crippen molar-refractivity contribution in [2.45, 2.75) is 31.1 Å². The Hall–Kier alpha value is -2.39. The number of sulfonamides is 1. The molecule has 0 aliphatic carbocycles. The van der Waals surface area contributed by atoms with Gasteiger partial charge in [0.2, 0.25) is 11.8 Å². The van der Waals surface area contributed by atoms with Crippen molar-refractivity contribution in [1.82, 2.24) is 10.3 Å². The minimum absolute atomic E-state index is 0.0664. The van der Waals surface area contributed by atoms with Gasteiger partial charge in [0.05, 0.1) is 18.7 Å². The summed E-state index contributed by atoms with van der Waals surface area (Å²) in [5, 5.41) is 3.21. The van der Waals surface area contributed by atoms with Crippen molar-refractivity contribution in [1.29, 1.82) is 0 Å². The van der Waals surface area contributed by atoms with E-state index >= 15 is 0 Å². The zero-order valence-corrected chi connectivity index (χ0v) is 17.8. The molecule has 160 valence electrons. The molecule has 0 fully saturated rings. The van der Waals surface area contributed by atoms with Gasteiger partial charge in [-0.2, -0.15) is 4.98 Å². The Morgan fingerprint density at radius 2 is 1.86 bits per heavy atom. The van der Waals surface area contributed by atoms with Crippen LogP contribution in [0.4, 0.5) is 10.1 Å². The molecule has 1 atom stereocenters. The lowest BCUT2D eigenvalue weighted by Crippen LogP contribution is -2.21. The number of benzene rings is 1. The van der Waals surface area contributed by atoms with Crippen molar-refractivity contribution in [3.63, 3.8) is 0 Å². The van der Waals surface area contributed by atoms with E-state index in [0.29, 0.717) is 19.0 Å². The number of nitrogens with zero attached hydrogens (tertiary/aromatic N) is 1. The van der Waals surface area contributed by atoms with Crippen LogP contribution in [0.3, 0.4) is 0 Å². The third-order valence-electron chi connectivity index (χ3n) is 4.22. The predicted molar refractivity (Wildman–Crippen MR) is 111 cm³/mol. The SMILES string of the molecule is CCCNCCOc1ccc(NS(=O)(=O)c2ccc([C@H](C)CF)cc2)c(OC)n1. The summed E-state index contributed by atoms with van der Waals surface area (Å²) < 4.78 is 51.3. The van der Waals surface area contributed by atoms with E-state index in [9.17, 15) is 12.8 Å². The molecule has 0 spiro atoms. The van der Waals surface area contributed by atoms with Crippen molar-refractivity contribution in [3.8, 4) is 11.8 Å². The number of methoxy groups -OCH3 is 1. The van der Waals surface area contributed by atoms with Crippen LogP contribution in [-0.4, -0.2) is 46.9 Å². The van der Waals surface area contributed by atoms with Crippen molar-refractivity contribution in [3.05, 3.63) is 42.0 Å². The minimum atomic E-state index is -3.85. The fraction of sp³-hybridized carbons (Fsp3) is 0.450. The lowest BCUT2D eigenvalue weighted by molar-refractivity contribution is 0.296. The summed E-state index contributed by atoms with van der Waals surface area (Å²) in [6, 6.07) is 9.23. The highest BCUT2D eigenvalue weighted by Crippen LogP contribution is 2.28. The molecule has 2 rings (SSSR count). The molecule has 7 nitrogen and oxygen atoms in total. The monoisotopic (exact) mass is 425 g/mol. The molecule has 0 aliphatic heterocycles. The van der Waals surface area contributed by atoms with Crippen molar-refractivity contribution in [2.75, 3.05) is 38.2 Å². The summed E-state index contributed by atoms with van der Waals surface area (Å²) in [7, 11) is -2.45. The lowest BCUT2D eigenvalue weighted by Gasteiger charge is -2.13. The molecule has 1 aromatic heterocycles. The van der Waals surface area contributed by atoms with E-state index in [1.54, 1.807) is 25.1 Å². The Kier molecular flexibility index (Phi) is 8.66. The molecular weight excluding hydrogens is 397 g/mol. The van der Waals surface area contributed by atoms with Gasteiger partial charge in [0.1, 0.15) is 12.3 Å². The summed E-state index contributed by atoms with van der Waals surface area (Å²) in [4.78, 5) is 4.26. The molecule has 2 N–H and O–H groups in total. The van der Waals surface area contributed by atoms with Crippen molar-refractivity contribution < 1.29 is 22.3 Å². The Morgan fingerprint density at radius 3 is 2.48 bits per heavy atom. The van der Waals surface area contributed by atoms with E-state index in [-0.39, 0.29) is 22.4 Å². The lowest BCUT2D eigenvalue weighted by atomic mass is 10.0. The molecule has 0 bridgehead atoms. The topological polar surface area (TPSA) is 89.6 Å². The van der Waals surface area contributed by atoms with Crippen LogP contribution in [0.5, 0.6) is 11.8 Å². The van der Waals surface area contributed by atoms with Crippen LogP contribution in [-0.2, 0) is 10.0 Å². The van der Waals surface area contributed by atoms with E-state index in [1.165, 1.54) is 25.3 Å². The maximum Gasteiger partial charge on any atom is 0.262 e. The smallest absolute Gasteiger partial charge is 0.262 e. The van der Waals surface area contributed by atoms with Gasteiger partial charge in [0, 0.05) is 18.5 Å². The quantitative estimate of drug-likeness (QED) is 0.507. The van der Waals surface area contributed by atoms with Crippen LogP contribution in [0.2, 0.25) is 0 Å². The molecular formula is C20H28FN3O4S. The molecule has 0 aliphatic rings. The van der Waals surface area contributed by atoms with Crippen LogP contribution in [0, 0.1) is 0 Å². The highest BCUT2D eigenvalue weighted by atomic mass is 32.2. The van der Waals surface area contributed by atoms with Crippen LogP contribution in [0.25, 0.3) is 0 Å². The summed E-state index contributed by atoms with van der Waals surface area (Å²) >= 11 is 0. The number of hydrogen-bond acceptors (Lipinski definition) is 6.